The van der Waals surface area contributed by atoms with E-state index in [0.717, 1.165) is 28.2 Å². The Kier molecular flexibility index (Phi) is 5.96. The normalized spacial score (nSPS) is 14.4. The summed E-state index contributed by atoms with van der Waals surface area (Å²) in [4.78, 5) is 19.9. The van der Waals surface area contributed by atoms with Gasteiger partial charge in [0.05, 0.1) is 29.1 Å². The van der Waals surface area contributed by atoms with Crippen LogP contribution in [0.25, 0.3) is 22.3 Å². The van der Waals surface area contributed by atoms with Crippen LogP contribution in [0.15, 0.2) is 63.8 Å². The van der Waals surface area contributed by atoms with Gasteiger partial charge >= 0.3 is 0 Å². The van der Waals surface area contributed by atoms with E-state index < -0.39 is 0 Å². The smallest absolute Gasteiger partial charge is 0.196 e. The molecule has 1 atom stereocenters. The third kappa shape index (κ3) is 4.24. The van der Waals surface area contributed by atoms with Crippen LogP contribution < -0.4 is 15.6 Å². The third-order valence-corrected chi connectivity index (χ3v) is 6.68. The highest BCUT2D eigenvalue weighted by Gasteiger charge is 2.30. The number of hydrogen-bond acceptors (Lipinski definition) is 6. The predicted molar refractivity (Wildman–Crippen MR) is 140 cm³/mol. The van der Waals surface area contributed by atoms with Crippen LogP contribution in [0.2, 0.25) is 5.15 Å². The van der Waals surface area contributed by atoms with Crippen LogP contribution in [0.3, 0.4) is 0 Å². The number of benzene rings is 2. The Morgan fingerprint density at radius 3 is 2.63 bits per heavy atom. The number of halogens is 1. The minimum atomic E-state index is -0.193. The maximum absolute atomic E-state index is 13.4. The summed E-state index contributed by atoms with van der Waals surface area (Å²) in [5, 5.41) is 13.7. The molecule has 4 aromatic rings. The molecule has 176 valence electrons. The van der Waals surface area contributed by atoms with Gasteiger partial charge in [-0.3, -0.25) is 4.79 Å². The molecule has 0 bridgehead atoms. The molecule has 6 nitrogen and oxygen atoms in total. The monoisotopic (exact) mass is 484 g/mol. The van der Waals surface area contributed by atoms with Crippen LogP contribution >= 0.6 is 11.6 Å². The summed E-state index contributed by atoms with van der Waals surface area (Å²) in [5.74, 6) is 1.29. The molecule has 7 heteroatoms. The van der Waals surface area contributed by atoms with Gasteiger partial charge < -0.3 is 14.6 Å². The number of nitrogens with one attached hydrogen (secondary N) is 1. The van der Waals surface area contributed by atoms with Gasteiger partial charge in [0.25, 0.3) is 0 Å². The van der Waals surface area contributed by atoms with Crippen molar-refractivity contribution in [1.82, 2.24) is 4.98 Å². The van der Waals surface area contributed by atoms with Crippen molar-refractivity contribution < 1.29 is 4.42 Å². The van der Waals surface area contributed by atoms with Crippen LogP contribution in [0.1, 0.15) is 29.7 Å². The number of pyridine rings is 1. The van der Waals surface area contributed by atoms with E-state index in [9.17, 15) is 4.79 Å². The molecule has 2 aromatic carbocycles. The lowest BCUT2D eigenvalue weighted by molar-refractivity contribution is 0.500. The summed E-state index contributed by atoms with van der Waals surface area (Å²) in [7, 11) is 0. The summed E-state index contributed by atoms with van der Waals surface area (Å²) >= 11 is 6.19. The molecule has 1 N–H and O–H groups in total. The van der Waals surface area contributed by atoms with Gasteiger partial charge in [0.15, 0.2) is 11.2 Å². The largest absolute Gasteiger partial charge is 0.455 e. The number of nitriles is 1. The molecular formula is C28H25ClN4O2. The van der Waals surface area contributed by atoms with Crippen molar-refractivity contribution in [2.45, 2.75) is 26.8 Å². The highest BCUT2D eigenvalue weighted by Crippen LogP contribution is 2.36. The highest BCUT2D eigenvalue weighted by molar-refractivity contribution is 6.29. The Labute approximate surface area is 208 Å². The Bertz CT molecular complexity index is 1520. The van der Waals surface area contributed by atoms with E-state index >= 15 is 0 Å². The first-order valence-corrected chi connectivity index (χ1v) is 11.9. The maximum atomic E-state index is 13.4. The highest BCUT2D eigenvalue weighted by atomic mass is 35.5. The fourth-order valence-corrected chi connectivity index (χ4v) is 4.72. The Morgan fingerprint density at radius 2 is 1.91 bits per heavy atom. The number of hydrogen-bond donors (Lipinski definition) is 1. The third-order valence-electron chi connectivity index (χ3n) is 6.47. The summed E-state index contributed by atoms with van der Waals surface area (Å²) in [6.07, 6.45) is 0. The molecule has 0 saturated carbocycles. The first kappa shape index (κ1) is 22.9. The van der Waals surface area contributed by atoms with E-state index in [-0.39, 0.29) is 17.4 Å². The average Bonchev–Trinajstić information content (AvgIpc) is 2.82. The summed E-state index contributed by atoms with van der Waals surface area (Å²) in [5.41, 5.74) is 4.68. The van der Waals surface area contributed by atoms with E-state index in [0.29, 0.717) is 40.5 Å². The number of rotatable bonds is 5. The van der Waals surface area contributed by atoms with Gasteiger partial charge in [-0.15, -0.1) is 0 Å². The zero-order chi connectivity index (χ0) is 24.7. The lowest BCUT2D eigenvalue weighted by Crippen LogP contribution is -2.46. The van der Waals surface area contributed by atoms with Crippen LogP contribution in [0.4, 0.5) is 11.5 Å². The quantitative estimate of drug-likeness (QED) is 0.337. The van der Waals surface area contributed by atoms with Gasteiger partial charge in [-0.2, -0.15) is 5.26 Å². The fraction of sp³-hybridized carbons (Fsp3) is 0.250. The van der Waals surface area contributed by atoms with Gasteiger partial charge in [-0.05, 0) is 44.5 Å². The van der Waals surface area contributed by atoms with Gasteiger partial charge in [-0.1, -0.05) is 48.0 Å². The molecule has 5 rings (SSSR count). The minimum Gasteiger partial charge on any atom is -0.455 e. The molecule has 0 aliphatic carbocycles. The summed E-state index contributed by atoms with van der Waals surface area (Å²) in [6.45, 7) is 7.06. The maximum Gasteiger partial charge on any atom is 0.196 e. The van der Waals surface area contributed by atoms with Crippen LogP contribution in [0, 0.1) is 31.1 Å². The first-order chi connectivity index (χ1) is 16.9. The van der Waals surface area contributed by atoms with Gasteiger partial charge in [0.1, 0.15) is 16.5 Å². The SMILES string of the molecule is Cc1cc([C@@H](C)Nc2ccc(Cl)nc2N2CC(C#N)C2)c2oc(-c3ccccc3)c(C)c(=O)c2c1. The van der Waals surface area contributed by atoms with Crippen LogP contribution in [0.5, 0.6) is 0 Å². The standard InChI is InChI=1S/C28H25ClN4O2/c1-16-11-21(18(3)31-23-9-10-24(29)32-28(23)33-14-19(13-30)15-33)27-22(12-16)25(34)17(2)26(35-27)20-7-5-4-6-8-20/h4-12,18-19,31H,14-15H2,1-3H3/t18-/m1/s1. The average molecular weight is 485 g/mol. The van der Waals surface area contributed by atoms with Crippen LogP contribution in [-0.2, 0) is 0 Å². The number of aryl methyl sites for hydroxylation is 1. The molecule has 1 aliphatic heterocycles. The molecule has 1 aliphatic rings. The number of fused-ring (bicyclic) bond motifs is 1. The van der Waals surface area contributed by atoms with Gasteiger partial charge in [0.2, 0.25) is 0 Å². The zero-order valence-corrected chi connectivity index (χ0v) is 20.6. The van der Waals surface area contributed by atoms with Crippen molar-refractivity contribution in [2.24, 2.45) is 5.92 Å². The van der Waals surface area contributed by atoms with Crippen LogP contribution in [-0.4, -0.2) is 18.1 Å². The molecule has 2 aromatic heterocycles. The summed E-state index contributed by atoms with van der Waals surface area (Å²) < 4.78 is 6.44. The van der Waals surface area contributed by atoms with Crippen molar-refractivity contribution in [3.63, 3.8) is 0 Å². The van der Waals surface area contributed by atoms with Crippen molar-refractivity contribution in [1.29, 1.82) is 5.26 Å². The second-order valence-electron chi connectivity index (χ2n) is 9.08. The molecular weight excluding hydrogens is 460 g/mol. The molecule has 0 unspecified atom stereocenters. The van der Waals surface area contributed by atoms with Crippen molar-refractivity contribution in [3.8, 4) is 17.4 Å². The zero-order valence-electron chi connectivity index (χ0n) is 19.8. The van der Waals surface area contributed by atoms with Crippen molar-refractivity contribution in [2.75, 3.05) is 23.3 Å². The minimum absolute atomic E-state index is 0.00399. The molecule has 1 saturated heterocycles. The number of nitrogens with zero attached hydrogens (tertiary/aromatic N) is 3. The molecule has 0 radical (unpaired) electrons. The number of aromatic nitrogens is 1. The molecule has 0 spiro atoms. The van der Waals surface area contributed by atoms with Gasteiger partial charge in [-0.25, -0.2) is 4.98 Å². The molecule has 3 heterocycles. The van der Waals surface area contributed by atoms with E-state index in [2.05, 4.69) is 16.4 Å². The van der Waals surface area contributed by atoms with Crippen molar-refractivity contribution in [3.05, 3.63) is 86.7 Å². The fourth-order valence-electron chi connectivity index (χ4n) is 4.58. The summed E-state index contributed by atoms with van der Waals surface area (Å²) in [6, 6.07) is 19.4. The first-order valence-electron chi connectivity index (χ1n) is 11.6. The second-order valence-corrected chi connectivity index (χ2v) is 9.47. The van der Waals surface area contributed by atoms with Crippen molar-refractivity contribution >= 4 is 34.1 Å². The van der Waals surface area contributed by atoms with E-state index in [1.807, 2.05) is 74.2 Å². The molecule has 1 fully saturated rings. The Morgan fingerprint density at radius 1 is 1.17 bits per heavy atom. The Hall–Kier alpha value is -3.82. The number of anilines is 2. The van der Waals surface area contributed by atoms with E-state index in [1.165, 1.54) is 0 Å². The lowest BCUT2D eigenvalue weighted by atomic mass is 9.98. The molecule has 35 heavy (non-hydrogen) atoms. The second kappa shape index (κ2) is 9.09. The lowest BCUT2D eigenvalue weighted by Gasteiger charge is -2.37. The van der Waals surface area contributed by atoms with E-state index in [1.54, 1.807) is 6.07 Å². The topological polar surface area (TPSA) is 82.2 Å². The van der Waals surface area contributed by atoms with Gasteiger partial charge in [0, 0.05) is 29.8 Å². The van der Waals surface area contributed by atoms with E-state index in [4.69, 9.17) is 21.3 Å². The molecule has 0 amide bonds. The predicted octanol–water partition coefficient (Wildman–Crippen LogP) is 6.26. The Balaban J connectivity index is 1.58.